The number of aromatic hydroxyl groups is 1. The van der Waals surface area contributed by atoms with Crippen molar-refractivity contribution in [3.05, 3.63) is 159 Å². The van der Waals surface area contributed by atoms with E-state index in [4.69, 9.17) is 24.7 Å². The highest BCUT2D eigenvalue weighted by Crippen LogP contribution is 2.47. The van der Waals surface area contributed by atoms with Gasteiger partial charge in [-0.15, -0.1) is 0 Å². The van der Waals surface area contributed by atoms with Crippen molar-refractivity contribution in [1.29, 1.82) is 0 Å². The van der Waals surface area contributed by atoms with Crippen molar-refractivity contribution >= 4 is 34.3 Å². The largest absolute Gasteiger partial charge is 0.508 e. The Morgan fingerprint density at radius 1 is 0.910 bits per heavy atom. The Hall–Kier alpha value is -7.04. The maximum absolute atomic E-state index is 14.2. The number of ether oxygens (including phenoxy) is 4. The van der Waals surface area contributed by atoms with Crippen molar-refractivity contribution in [3.63, 3.8) is 0 Å². The van der Waals surface area contributed by atoms with Crippen molar-refractivity contribution in [3.8, 4) is 29.3 Å². The van der Waals surface area contributed by atoms with E-state index >= 15 is 0 Å². The first-order valence-corrected chi connectivity index (χ1v) is 28.1. The molecule has 12 nitrogen and oxygen atoms in total. The normalized spacial score (nSPS) is 20.8. The lowest BCUT2D eigenvalue weighted by atomic mass is 9.78. The molecule has 2 aliphatic heterocycles. The van der Waals surface area contributed by atoms with Crippen LogP contribution in [0.2, 0.25) is 0 Å². The van der Waals surface area contributed by atoms with E-state index in [1.807, 2.05) is 48.6 Å². The van der Waals surface area contributed by atoms with E-state index in [-0.39, 0.29) is 60.1 Å². The molecule has 0 saturated heterocycles. The van der Waals surface area contributed by atoms with Crippen LogP contribution in [-0.4, -0.2) is 65.6 Å². The number of ketones is 1. The highest BCUT2D eigenvalue weighted by Gasteiger charge is 2.30. The van der Waals surface area contributed by atoms with Crippen LogP contribution >= 0.6 is 0 Å². The number of anilines is 1. The van der Waals surface area contributed by atoms with Gasteiger partial charge >= 0.3 is 0 Å². The summed E-state index contributed by atoms with van der Waals surface area (Å²) in [6, 6.07) is 25.8. The molecule has 0 radical (unpaired) electrons. The molecule has 5 aromatic carbocycles. The highest BCUT2D eigenvalue weighted by molar-refractivity contribution is 6.01. The Bertz CT molecular complexity index is 3100. The number of aliphatic imine (C=N–C) groups is 1. The number of guanidine groups is 1. The van der Waals surface area contributed by atoms with Crippen molar-refractivity contribution in [2.24, 2.45) is 28.5 Å². The number of carbonyl (C=O) groups excluding carboxylic acids is 1. The molecule has 5 aromatic rings. The first-order valence-electron chi connectivity index (χ1n) is 28.1. The summed E-state index contributed by atoms with van der Waals surface area (Å²) in [7, 11) is 3.22. The third-order valence-electron chi connectivity index (χ3n) is 16.3. The number of carbonyl (C=O) groups is 1. The fraction of sp³-hybridized carbons (Fsp3) is 0.424. The molecule has 6 bridgehead atoms. The molecular weight excluding hydrogens is 979 g/mol. The zero-order valence-electron chi connectivity index (χ0n) is 45.5. The molecule has 2 heterocycles. The van der Waals surface area contributed by atoms with Gasteiger partial charge in [0.15, 0.2) is 23.7 Å². The molecule has 410 valence electrons. The van der Waals surface area contributed by atoms with Gasteiger partial charge in [-0.1, -0.05) is 99.2 Å². The number of allylic oxidation sites excluding steroid dienone is 4. The number of Topliss-reactive ketones (excluding diaryl/α,β-unsaturated/α-hetero) is 1. The maximum atomic E-state index is 14.2. The van der Waals surface area contributed by atoms with Gasteiger partial charge in [-0.25, -0.2) is 0 Å². The van der Waals surface area contributed by atoms with Crippen molar-refractivity contribution in [2.45, 2.75) is 134 Å². The summed E-state index contributed by atoms with van der Waals surface area (Å²) in [5.41, 5.74) is 14.1. The predicted molar refractivity (Wildman–Crippen MR) is 309 cm³/mol. The van der Waals surface area contributed by atoms with Crippen LogP contribution in [0.1, 0.15) is 146 Å². The first kappa shape index (κ1) is 55.7. The Morgan fingerprint density at radius 2 is 1.72 bits per heavy atom. The highest BCUT2D eigenvalue weighted by atomic mass is 16.5. The molecule has 10 rings (SSSR count). The summed E-state index contributed by atoms with van der Waals surface area (Å²) in [5.74, 6) is 4.86. The number of phenols is 1. The Morgan fingerprint density at radius 3 is 2.53 bits per heavy atom. The van der Waals surface area contributed by atoms with Gasteiger partial charge in [-0.3, -0.25) is 9.79 Å². The molecule has 3 aliphatic carbocycles. The number of methoxy groups -OCH3 is 1. The number of hydrogen-bond acceptors (Lipinski definition) is 10. The van der Waals surface area contributed by atoms with Gasteiger partial charge in [0, 0.05) is 54.8 Å². The minimum atomic E-state index is -1.87. The van der Waals surface area contributed by atoms with E-state index in [9.17, 15) is 25.2 Å². The topological polar surface area (TPSA) is 185 Å². The third kappa shape index (κ3) is 14.2. The summed E-state index contributed by atoms with van der Waals surface area (Å²) < 4.78 is 25.2. The number of rotatable bonds is 17. The second-order valence-corrected chi connectivity index (χ2v) is 21.8. The van der Waals surface area contributed by atoms with Crippen molar-refractivity contribution in [2.75, 3.05) is 32.7 Å². The molecule has 12 heteroatoms. The zero-order chi connectivity index (χ0) is 54.5. The van der Waals surface area contributed by atoms with Crippen LogP contribution in [0.5, 0.6) is 17.2 Å². The molecule has 78 heavy (non-hydrogen) atoms. The Balaban J connectivity index is 1.06. The van der Waals surface area contributed by atoms with Crippen molar-refractivity contribution < 1.29 is 44.2 Å². The van der Waals surface area contributed by atoms with Gasteiger partial charge < -0.3 is 50.4 Å². The Kier molecular flexibility index (Phi) is 19.0. The SMILES string of the molecule is CN=C(N)Nc1cccc(CCCC[C@H]2C=CC(O)=C[C@H]2C[C@H]2CC(=O)CCc3ccc(OC)c(c3)OCc3c(C(O)O)cc4c(c(O)cc5c4c3C=C[C@@H]5C)[C@@H](Cc3cccc(CCOCC4CCCCC4)c3)C#CO2)c1. The van der Waals surface area contributed by atoms with Gasteiger partial charge in [0.05, 0.1) is 19.6 Å². The minimum absolute atomic E-state index is 0.00638. The second-order valence-electron chi connectivity index (χ2n) is 21.8. The third-order valence-corrected chi connectivity index (χ3v) is 16.3. The smallest absolute Gasteiger partial charge is 0.192 e. The average Bonchev–Trinajstić information content (AvgIpc) is 3.64. The molecule has 0 spiro atoms. The van der Waals surface area contributed by atoms with Crippen LogP contribution in [0.3, 0.4) is 0 Å². The summed E-state index contributed by atoms with van der Waals surface area (Å²) in [5, 5.41) is 50.3. The molecule has 0 amide bonds. The fourth-order valence-corrected chi connectivity index (χ4v) is 12.0. The van der Waals surface area contributed by atoms with E-state index in [0.717, 1.165) is 77.6 Å². The predicted octanol–water partition coefficient (Wildman–Crippen LogP) is 12.4. The number of nitrogens with two attached hydrogens (primary N) is 1. The van der Waals surface area contributed by atoms with Gasteiger partial charge in [-0.05, 0) is 168 Å². The van der Waals surface area contributed by atoms with Crippen LogP contribution in [0.15, 0.2) is 114 Å². The van der Waals surface area contributed by atoms with Crippen LogP contribution in [0, 0.1) is 29.8 Å². The van der Waals surface area contributed by atoms with E-state index < -0.39 is 18.3 Å². The second kappa shape index (κ2) is 26.5. The maximum Gasteiger partial charge on any atom is 0.192 e. The van der Waals surface area contributed by atoms with Crippen LogP contribution < -0.4 is 20.5 Å². The number of phenolic OH excluding ortho intramolecular Hbond substituents is 1. The van der Waals surface area contributed by atoms with Crippen LogP contribution in [-0.2, 0) is 46.6 Å². The van der Waals surface area contributed by atoms with Gasteiger partial charge in [0.2, 0.25) is 0 Å². The molecule has 1 fully saturated rings. The summed E-state index contributed by atoms with van der Waals surface area (Å²) in [4.78, 5) is 18.2. The number of aliphatic hydroxyl groups is 3. The number of aryl methyl sites for hydroxylation is 2. The molecule has 0 aromatic heterocycles. The van der Waals surface area contributed by atoms with Gasteiger partial charge in [-0.2, -0.15) is 0 Å². The number of aliphatic hydroxyl groups excluding tert-OH is 2. The molecule has 5 atom stereocenters. The minimum Gasteiger partial charge on any atom is -0.508 e. The number of fused-ring (bicyclic) bond motifs is 9. The van der Waals surface area contributed by atoms with E-state index in [1.54, 1.807) is 26.3 Å². The number of nitrogens with one attached hydrogen (secondary N) is 1. The monoisotopic (exact) mass is 1060 g/mol. The summed E-state index contributed by atoms with van der Waals surface area (Å²) >= 11 is 0. The molecule has 0 unspecified atom stereocenters. The number of unbranched alkanes of at least 4 members (excludes halogenated alkanes) is 1. The number of hydrogen-bond donors (Lipinski definition) is 6. The van der Waals surface area contributed by atoms with Gasteiger partial charge in [0.1, 0.15) is 36.1 Å². The summed E-state index contributed by atoms with van der Waals surface area (Å²) in [6.07, 6.45) is 22.7. The van der Waals surface area contributed by atoms with Crippen LogP contribution in [0.25, 0.3) is 16.8 Å². The van der Waals surface area contributed by atoms with Crippen LogP contribution in [0.4, 0.5) is 5.69 Å². The zero-order valence-corrected chi connectivity index (χ0v) is 45.5. The van der Waals surface area contributed by atoms with Gasteiger partial charge in [0.25, 0.3) is 0 Å². The number of benzene rings is 5. The lowest BCUT2D eigenvalue weighted by molar-refractivity contribution is -0.121. The molecule has 5 aliphatic rings. The quantitative estimate of drug-likeness (QED) is 0.0171. The van der Waals surface area contributed by atoms with E-state index in [2.05, 4.69) is 77.8 Å². The van der Waals surface area contributed by atoms with E-state index in [0.29, 0.717) is 65.8 Å². The number of nitrogens with zero attached hydrogens (tertiary/aromatic N) is 1. The Labute approximate surface area is 460 Å². The lowest BCUT2D eigenvalue weighted by Crippen LogP contribution is -2.24. The molecular formula is C66H77N3O9. The molecule has 7 N–H and O–H groups in total. The summed E-state index contributed by atoms with van der Waals surface area (Å²) in [6.45, 7) is 3.48. The molecule has 1 saturated carbocycles. The van der Waals surface area contributed by atoms with E-state index in [1.165, 1.54) is 37.7 Å². The first-order chi connectivity index (χ1) is 37.9. The average molecular weight is 1060 g/mol. The standard InChI is InChI=1S/C66H77N3O9/c1-42-19-25-55-59-41-78-62-34-45(21-26-61(62)75-3)20-23-53(71)37-54(36-50-35-52(70)24-22-48(50)17-8-7-11-43-15-10-18-51(33-43)69-66(67)68-2)77-30-28-49(63-58(38-57(59)65(73)74)64(55)56(42)39-60(63)72)32-47-16-9-14-44(31-47)27-29-76-40-46-12-5-4-6-13-46/h9-10,14-16,18-19,21-22,24-26,31,33-35,38-39,42,46,48-50,54,65,70,72-74H,4-8,11-13,17,20,23,27,29,32,36-37,40-41H2,1-3H3,(H3,67,68,69)/t42-,48-,49+,50-,54-/m0/s1. The lowest BCUT2D eigenvalue weighted by Gasteiger charge is -2.28. The van der Waals surface area contributed by atoms with Crippen molar-refractivity contribution in [1.82, 2.24) is 0 Å². The fourth-order valence-electron chi connectivity index (χ4n) is 12.0.